The van der Waals surface area contributed by atoms with E-state index in [1.165, 1.54) is 0 Å². The van der Waals surface area contributed by atoms with Gasteiger partial charge in [0.1, 0.15) is 0 Å². The van der Waals surface area contributed by atoms with Crippen molar-refractivity contribution in [2.45, 2.75) is 32.4 Å². The van der Waals surface area contributed by atoms with E-state index < -0.39 is 0 Å². The molecule has 5 nitrogen and oxygen atoms in total. The minimum atomic E-state index is -0.250. The van der Waals surface area contributed by atoms with Gasteiger partial charge in [0.05, 0.1) is 19.1 Å². The van der Waals surface area contributed by atoms with Crippen LogP contribution in [0.15, 0.2) is 0 Å². The Balaban J connectivity index is 2.47. The standard InChI is InChI=1S/C11H22N2O3/c1-7(2)10(3-4-14)13-11(15)8-5-16-6-9(8)12/h7-10,14H,3-6,12H2,1-2H3,(H,13,15). The molecule has 1 saturated heterocycles. The molecule has 5 heteroatoms. The number of amides is 1. The van der Waals surface area contributed by atoms with Gasteiger partial charge in [0.15, 0.2) is 0 Å². The maximum absolute atomic E-state index is 11.9. The van der Waals surface area contributed by atoms with Gasteiger partial charge in [-0.15, -0.1) is 0 Å². The van der Waals surface area contributed by atoms with Gasteiger partial charge >= 0.3 is 0 Å². The molecular formula is C11H22N2O3. The highest BCUT2D eigenvalue weighted by molar-refractivity contribution is 5.80. The van der Waals surface area contributed by atoms with Crippen LogP contribution in [0.25, 0.3) is 0 Å². The van der Waals surface area contributed by atoms with E-state index in [2.05, 4.69) is 5.32 Å². The van der Waals surface area contributed by atoms with E-state index in [1.807, 2.05) is 13.8 Å². The summed E-state index contributed by atoms with van der Waals surface area (Å²) in [5.41, 5.74) is 5.77. The summed E-state index contributed by atoms with van der Waals surface area (Å²) in [6.07, 6.45) is 0.576. The Morgan fingerprint density at radius 3 is 2.69 bits per heavy atom. The molecule has 1 heterocycles. The van der Waals surface area contributed by atoms with Gasteiger partial charge < -0.3 is 20.9 Å². The van der Waals surface area contributed by atoms with E-state index in [9.17, 15) is 4.79 Å². The predicted octanol–water partition coefficient (Wildman–Crippen LogP) is -0.517. The van der Waals surface area contributed by atoms with Gasteiger partial charge in [0.2, 0.25) is 5.91 Å². The number of rotatable bonds is 5. The van der Waals surface area contributed by atoms with Crippen molar-refractivity contribution in [1.29, 1.82) is 0 Å². The van der Waals surface area contributed by atoms with Gasteiger partial charge in [-0.05, 0) is 12.3 Å². The van der Waals surface area contributed by atoms with Crippen LogP contribution in [0.2, 0.25) is 0 Å². The van der Waals surface area contributed by atoms with E-state index in [0.717, 1.165) is 0 Å². The molecular weight excluding hydrogens is 208 g/mol. The van der Waals surface area contributed by atoms with Crippen LogP contribution in [0, 0.1) is 11.8 Å². The van der Waals surface area contributed by atoms with Crippen LogP contribution in [0.5, 0.6) is 0 Å². The molecule has 94 valence electrons. The second-order valence-electron chi connectivity index (χ2n) is 4.68. The summed E-state index contributed by atoms with van der Waals surface area (Å²) in [5, 5.41) is 11.8. The number of ether oxygens (including phenoxy) is 1. The van der Waals surface area contributed by atoms with Crippen molar-refractivity contribution in [2.24, 2.45) is 17.6 Å². The number of carbonyl (C=O) groups excluding carboxylic acids is 1. The SMILES string of the molecule is CC(C)C(CCO)NC(=O)C1COCC1N. The van der Waals surface area contributed by atoms with E-state index >= 15 is 0 Å². The molecule has 1 aliphatic heterocycles. The Morgan fingerprint density at radius 1 is 1.56 bits per heavy atom. The summed E-state index contributed by atoms with van der Waals surface area (Å²) >= 11 is 0. The molecule has 3 atom stereocenters. The summed E-state index contributed by atoms with van der Waals surface area (Å²) < 4.78 is 5.16. The quantitative estimate of drug-likeness (QED) is 0.593. The smallest absolute Gasteiger partial charge is 0.227 e. The topological polar surface area (TPSA) is 84.6 Å². The molecule has 1 fully saturated rings. The third-order valence-corrected chi connectivity index (χ3v) is 3.03. The molecule has 0 aromatic carbocycles. The molecule has 3 unspecified atom stereocenters. The number of aliphatic hydroxyl groups excluding tert-OH is 1. The summed E-state index contributed by atoms with van der Waals surface area (Å²) in [6, 6.07) is -0.202. The number of carbonyl (C=O) groups is 1. The van der Waals surface area contributed by atoms with Crippen molar-refractivity contribution in [3.05, 3.63) is 0 Å². The van der Waals surface area contributed by atoms with Gasteiger partial charge in [-0.1, -0.05) is 13.8 Å². The maximum Gasteiger partial charge on any atom is 0.227 e. The summed E-state index contributed by atoms with van der Waals surface area (Å²) in [7, 11) is 0. The zero-order valence-electron chi connectivity index (χ0n) is 9.98. The lowest BCUT2D eigenvalue weighted by atomic mass is 9.98. The van der Waals surface area contributed by atoms with Crippen molar-refractivity contribution >= 4 is 5.91 Å². The molecule has 0 aliphatic carbocycles. The van der Waals surface area contributed by atoms with E-state index in [1.54, 1.807) is 0 Å². The van der Waals surface area contributed by atoms with Crippen LogP contribution in [-0.4, -0.2) is 42.9 Å². The predicted molar refractivity (Wildman–Crippen MR) is 60.8 cm³/mol. The van der Waals surface area contributed by atoms with E-state index in [4.69, 9.17) is 15.6 Å². The Kier molecular flexibility index (Phi) is 5.18. The third kappa shape index (κ3) is 3.43. The monoisotopic (exact) mass is 230 g/mol. The Bertz CT molecular complexity index is 233. The molecule has 0 saturated carbocycles. The largest absolute Gasteiger partial charge is 0.396 e. The zero-order valence-corrected chi connectivity index (χ0v) is 9.98. The van der Waals surface area contributed by atoms with Gasteiger partial charge in [0.25, 0.3) is 0 Å². The average molecular weight is 230 g/mol. The fourth-order valence-corrected chi connectivity index (χ4v) is 1.84. The normalized spacial score (nSPS) is 27.1. The molecule has 16 heavy (non-hydrogen) atoms. The summed E-state index contributed by atoms with van der Waals surface area (Å²) in [5.74, 6) is -0.00765. The van der Waals surface area contributed by atoms with Crippen LogP contribution < -0.4 is 11.1 Å². The van der Waals surface area contributed by atoms with Crippen molar-refractivity contribution in [3.8, 4) is 0 Å². The van der Waals surface area contributed by atoms with Crippen molar-refractivity contribution < 1.29 is 14.6 Å². The molecule has 1 amide bonds. The van der Waals surface area contributed by atoms with Gasteiger partial charge in [-0.3, -0.25) is 4.79 Å². The summed E-state index contributed by atoms with van der Waals surface area (Å²) in [4.78, 5) is 11.9. The van der Waals surface area contributed by atoms with Gasteiger partial charge in [-0.25, -0.2) is 0 Å². The second-order valence-corrected chi connectivity index (χ2v) is 4.68. The van der Waals surface area contributed by atoms with Crippen LogP contribution in [-0.2, 0) is 9.53 Å². The van der Waals surface area contributed by atoms with E-state index in [0.29, 0.717) is 25.6 Å². The molecule has 0 bridgehead atoms. The first-order chi connectivity index (χ1) is 7.56. The first-order valence-corrected chi connectivity index (χ1v) is 5.80. The third-order valence-electron chi connectivity index (χ3n) is 3.03. The number of nitrogens with one attached hydrogen (secondary N) is 1. The van der Waals surface area contributed by atoms with Gasteiger partial charge in [-0.2, -0.15) is 0 Å². The van der Waals surface area contributed by atoms with Crippen molar-refractivity contribution in [3.63, 3.8) is 0 Å². The Morgan fingerprint density at radius 2 is 2.25 bits per heavy atom. The highest BCUT2D eigenvalue weighted by atomic mass is 16.5. The van der Waals surface area contributed by atoms with Crippen LogP contribution in [0.3, 0.4) is 0 Å². The second kappa shape index (κ2) is 6.18. The number of aliphatic hydroxyl groups is 1. The highest BCUT2D eigenvalue weighted by Crippen LogP contribution is 2.13. The highest BCUT2D eigenvalue weighted by Gasteiger charge is 2.32. The molecule has 1 aliphatic rings. The van der Waals surface area contributed by atoms with Crippen LogP contribution in [0.4, 0.5) is 0 Å². The number of hydrogen-bond donors (Lipinski definition) is 3. The molecule has 0 aromatic rings. The molecule has 1 rings (SSSR count). The van der Waals surface area contributed by atoms with Crippen LogP contribution in [0.1, 0.15) is 20.3 Å². The first-order valence-electron chi connectivity index (χ1n) is 5.80. The lowest BCUT2D eigenvalue weighted by Gasteiger charge is -2.24. The fourth-order valence-electron chi connectivity index (χ4n) is 1.84. The maximum atomic E-state index is 11.9. The molecule has 0 aromatic heterocycles. The first kappa shape index (κ1) is 13.4. The molecule has 4 N–H and O–H groups in total. The zero-order chi connectivity index (χ0) is 12.1. The fraction of sp³-hybridized carbons (Fsp3) is 0.909. The Hall–Kier alpha value is -0.650. The number of nitrogens with two attached hydrogens (primary N) is 1. The van der Waals surface area contributed by atoms with Crippen molar-refractivity contribution in [2.75, 3.05) is 19.8 Å². The lowest BCUT2D eigenvalue weighted by Crippen LogP contribution is -2.47. The Labute approximate surface area is 96.3 Å². The minimum absolute atomic E-state index is 0.00491. The molecule has 0 spiro atoms. The minimum Gasteiger partial charge on any atom is -0.396 e. The summed E-state index contributed by atoms with van der Waals surface area (Å²) in [6.45, 7) is 4.97. The average Bonchev–Trinajstić information content (AvgIpc) is 2.63. The van der Waals surface area contributed by atoms with Crippen molar-refractivity contribution in [1.82, 2.24) is 5.32 Å². The van der Waals surface area contributed by atoms with E-state index in [-0.39, 0.29) is 30.5 Å². The lowest BCUT2D eigenvalue weighted by molar-refractivity contribution is -0.126. The van der Waals surface area contributed by atoms with Gasteiger partial charge in [0, 0.05) is 18.7 Å². The number of hydrogen-bond acceptors (Lipinski definition) is 4. The molecule has 0 radical (unpaired) electrons. The van der Waals surface area contributed by atoms with Crippen LogP contribution >= 0.6 is 0 Å².